The molecule has 0 spiro atoms. The molecule has 6 heteroatoms. The van der Waals surface area contributed by atoms with Gasteiger partial charge in [-0.3, -0.25) is 9.69 Å². The summed E-state index contributed by atoms with van der Waals surface area (Å²) >= 11 is 0. The molecule has 1 N–H and O–H groups in total. The van der Waals surface area contributed by atoms with Gasteiger partial charge >= 0.3 is 0 Å². The molecule has 1 aromatic rings. The van der Waals surface area contributed by atoms with Gasteiger partial charge in [0.2, 0.25) is 5.91 Å². The highest BCUT2D eigenvalue weighted by Gasteiger charge is 2.24. The predicted octanol–water partition coefficient (Wildman–Crippen LogP) is 2.62. The molecule has 2 aliphatic rings. The highest BCUT2D eigenvalue weighted by molar-refractivity contribution is 5.85. The molecule has 0 saturated carbocycles. The summed E-state index contributed by atoms with van der Waals surface area (Å²) < 4.78 is 0. The lowest BCUT2D eigenvalue weighted by Crippen LogP contribution is -2.49. The van der Waals surface area contributed by atoms with Crippen LogP contribution in [0.25, 0.3) is 0 Å². The Labute approximate surface area is 157 Å². The first-order valence-electron chi connectivity index (χ1n) is 8.50. The number of hydrogen-bond acceptors (Lipinski definition) is 3. The van der Waals surface area contributed by atoms with Crippen LogP contribution in [0, 0.1) is 6.92 Å². The van der Waals surface area contributed by atoms with Gasteiger partial charge in [-0.25, -0.2) is 0 Å². The molecule has 0 aromatic heterocycles. The third-order valence-electron chi connectivity index (χ3n) is 4.80. The second-order valence-electron chi connectivity index (χ2n) is 6.64. The van der Waals surface area contributed by atoms with Gasteiger partial charge in [-0.05, 0) is 31.9 Å². The molecule has 1 atom stereocenters. The third-order valence-corrected chi connectivity index (χ3v) is 4.80. The smallest absolute Gasteiger partial charge is 0.224 e. The fourth-order valence-corrected chi connectivity index (χ4v) is 3.49. The Morgan fingerprint density at radius 3 is 2.58 bits per heavy atom. The molecule has 2 heterocycles. The first-order chi connectivity index (χ1) is 10.7. The van der Waals surface area contributed by atoms with Crippen LogP contribution in [0.2, 0.25) is 0 Å². The van der Waals surface area contributed by atoms with E-state index < -0.39 is 0 Å². The Bertz CT molecular complexity index is 513. The largest absolute Gasteiger partial charge is 0.340 e. The van der Waals surface area contributed by atoms with E-state index >= 15 is 0 Å². The molecule has 0 bridgehead atoms. The van der Waals surface area contributed by atoms with Crippen molar-refractivity contribution in [2.45, 2.75) is 38.8 Å². The molecule has 136 valence electrons. The van der Waals surface area contributed by atoms with E-state index in [-0.39, 0.29) is 24.8 Å². The standard InChI is InChI=1S/C18H27N3O.2ClH/c1-15-4-2-5-16(12-15)14-20-8-10-21(11-9-20)18(22)13-17-6-3-7-19-17;;/h2,4-5,12,17,19H,3,6-11,13-14H2,1H3;2*1H. The van der Waals surface area contributed by atoms with Crippen molar-refractivity contribution in [1.82, 2.24) is 15.1 Å². The maximum absolute atomic E-state index is 12.3. The molecule has 0 aliphatic carbocycles. The summed E-state index contributed by atoms with van der Waals surface area (Å²) in [6.07, 6.45) is 3.04. The molecule has 2 aliphatic heterocycles. The maximum atomic E-state index is 12.3. The average Bonchev–Trinajstić information content (AvgIpc) is 3.01. The highest BCUT2D eigenvalue weighted by atomic mass is 35.5. The van der Waals surface area contributed by atoms with Crippen molar-refractivity contribution in [2.24, 2.45) is 0 Å². The van der Waals surface area contributed by atoms with Crippen LogP contribution in [0.4, 0.5) is 0 Å². The van der Waals surface area contributed by atoms with Gasteiger partial charge in [0, 0.05) is 45.2 Å². The van der Waals surface area contributed by atoms with E-state index in [1.165, 1.54) is 17.5 Å². The number of amides is 1. The van der Waals surface area contributed by atoms with Crippen LogP contribution < -0.4 is 5.32 Å². The second-order valence-corrected chi connectivity index (χ2v) is 6.64. The normalized spacial score (nSPS) is 21.0. The fourth-order valence-electron chi connectivity index (χ4n) is 3.49. The Morgan fingerprint density at radius 2 is 1.96 bits per heavy atom. The number of piperazine rings is 1. The zero-order chi connectivity index (χ0) is 15.4. The van der Waals surface area contributed by atoms with Gasteiger partial charge in [-0.1, -0.05) is 29.8 Å². The lowest BCUT2D eigenvalue weighted by atomic mass is 10.1. The summed E-state index contributed by atoms with van der Waals surface area (Å²) in [6, 6.07) is 9.12. The van der Waals surface area contributed by atoms with Gasteiger partial charge in [0.25, 0.3) is 0 Å². The van der Waals surface area contributed by atoms with Gasteiger partial charge in [-0.2, -0.15) is 0 Å². The summed E-state index contributed by atoms with van der Waals surface area (Å²) in [6.45, 7) is 7.91. The number of benzene rings is 1. The minimum Gasteiger partial charge on any atom is -0.340 e. The predicted molar refractivity (Wildman–Crippen MR) is 103 cm³/mol. The van der Waals surface area contributed by atoms with Crippen molar-refractivity contribution >= 4 is 30.7 Å². The summed E-state index contributed by atoms with van der Waals surface area (Å²) in [5.41, 5.74) is 2.69. The number of nitrogens with zero attached hydrogens (tertiary/aromatic N) is 2. The molecule has 2 saturated heterocycles. The summed E-state index contributed by atoms with van der Waals surface area (Å²) in [5, 5.41) is 3.42. The first kappa shape index (κ1) is 21.2. The topological polar surface area (TPSA) is 35.6 Å². The SMILES string of the molecule is Cc1cccc(CN2CCN(C(=O)CC3CCCN3)CC2)c1.Cl.Cl. The van der Waals surface area contributed by atoms with Crippen LogP contribution in [-0.4, -0.2) is 54.5 Å². The van der Waals surface area contributed by atoms with Crippen molar-refractivity contribution in [1.29, 1.82) is 0 Å². The number of carbonyl (C=O) groups excluding carboxylic acids is 1. The van der Waals surface area contributed by atoms with E-state index in [4.69, 9.17) is 0 Å². The number of aryl methyl sites for hydroxylation is 1. The summed E-state index contributed by atoms with van der Waals surface area (Å²) in [5.74, 6) is 0.328. The molecule has 1 aromatic carbocycles. The second kappa shape index (κ2) is 10.2. The Morgan fingerprint density at radius 1 is 1.21 bits per heavy atom. The van der Waals surface area contributed by atoms with Crippen LogP contribution in [0.1, 0.15) is 30.4 Å². The summed E-state index contributed by atoms with van der Waals surface area (Å²) in [7, 11) is 0. The van der Waals surface area contributed by atoms with Crippen molar-refractivity contribution in [3.8, 4) is 0 Å². The number of hydrogen-bond donors (Lipinski definition) is 1. The molecular weight excluding hydrogens is 345 g/mol. The van der Waals surface area contributed by atoms with Crippen LogP contribution in [0.3, 0.4) is 0 Å². The molecule has 4 nitrogen and oxygen atoms in total. The Hall–Kier alpha value is -0.810. The van der Waals surface area contributed by atoms with Gasteiger partial charge in [0.05, 0.1) is 0 Å². The molecule has 1 unspecified atom stereocenters. The molecule has 24 heavy (non-hydrogen) atoms. The van der Waals surface area contributed by atoms with Gasteiger partial charge < -0.3 is 10.2 Å². The zero-order valence-electron chi connectivity index (χ0n) is 14.4. The zero-order valence-corrected chi connectivity index (χ0v) is 16.0. The number of rotatable bonds is 4. The van der Waals surface area contributed by atoms with Gasteiger partial charge in [0.1, 0.15) is 0 Å². The molecule has 0 radical (unpaired) electrons. The minimum atomic E-state index is 0. The van der Waals surface area contributed by atoms with E-state index in [1.54, 1.807) is 0 Å². The first-order valence-corrected chi connectivity index (χ1v) is 8.50. The van der Waals surface area contributed by atoms with E-state index in [0.717, 1.165) is 45.7 Å². The Balaban J connectivity index is 0.00000144. The van der Waals surface area contributed by atoms with Crippen LogP contribution in [0.5, 0.6) is 0 Å². The lowest BCUT2D eigenvalue weighted by Gasteiger charge is -2.35. The van der Waals surface area contributed by atoms with E-state index in [1.807, 2.05) is 4.90 Å². The van der Waals surface area contributed by atoms with Crippen molar-refractivity contribution in [3.63, 3.8) is 0 Å². The van der Waals surface area contributed by atoms with E-state index in [0.29, 0.717) is 18.4 Å². The molecular formula is C18H29Cl2N3O. The fraction of sp³-hybridized carbons (Fsp3) is 0.611. The van der Waals surface area contributed by atoms with E-state index in [2.05, 4.69) is 41.4 Å². The van der Waals surface area contributed by atoms with Crippen molar-refractivity contribution < 1.29 is 4.79 Å². The Kier molecular flexibility index (Phi) is 9.06. The molecule has 1 amide bonds. The monoisotopic (exact) mass is 373 g/mol. The molecule has 3 rings (SSSR count). The number of nitrogens with one attached hydrogen (secondary N) is 1. The van der Waals surface area contributed by atoms with E-state index in [9.17, 15) is 4.79 Å². The number of halogens is 2. The average molecular weight is 374 g/mol. The van der Waals surface area contributed by atoms with Crippen LogP contribution in [0.15, 0.2) is 24.3 Å². The molecule has 2 fully saturated rings. The maximum Gasteiger partial charge on any atom is 0.224 e. The lowest BCUT2D eigenvalue weighted by molar-refractivity contribution is -0.133. The summed E-state index contributed by atoms with van der Waals surface area (Å²) in [4.78, 5) is 16.8. The number of carbonyl (C=O) groups is 1. The van der Waals surface area contributed by atoms with Crippen molar-refractivity contribution in [3.05, 3.63) is 35.4 Å². The van der Waals surface area contributed by atoms with Crippen LogP contribution >= 0.6 is 24.8 Å². The van der Waals surface area contributed by atoms with Crippen LogP contribution in [-0.2, 0) is 11.3 Å². The van der Waals surface area contributed by atoms with Gasteiger partial charge in [-0.15, -0.1) is 24.8 Å². The highest BCUT2D eigenvalue weighted by Crippen LogP contribution is 2.14. The minimum absolute atomic E-state index is 0. The van der Waals surface area contributed by atoms with Crippen molar-refractivity contribution in [2.75, 3.05) is 32.7 Å². The third kappa shape index (κ3) is 5.92. The quantitative estimate of drug-likeness (QED) is 0.880. The van der Waals surface area contributed by atoms with Gasteiger partial charge in [0.15, 0.2) is 0 Å².